The van der Waals surface area contributed by atoms with Gasteiger partial charge in [0.15, 0.2) is 11.3 Å². The highest BCUT2D eigenvalue weighted by atomic mass is 16.4. The van der Waals surface area contributed by atoms with E-state index < -0.39 is 34.3 Å². The molecule has 14 nitrogen and oxygen atoms in total. The molecule has 0 spiro atoms. The molecule has 46 heavy (non-hydrogen) atoms. The number of carbonyl (C=O) groups is 2. The first-order valence-electron chi connectivity index (χ1n) is 15.8. The predicted octanol–water partition coefficient (Wildman–Crippen LogP) is 3.87. The maximum atomic E-state index is 12.1. The van der Waals surface area contributed by atoms with Crippen LogP contribution in [0, 0.1) is 10.8 Å². The number of amides is 2. The van der Waals surface area contributed by atoms with Gasteiger partial charge in [0.25, 0.3) is 0 Å². The van der Waals surface area contributed by atoms with Gasteiger partial charge in [-0.3, -0.25) is 9.80 Å². The molecule has 2 fully saturated rings. The van der Waals surface area contributed by atoms with Crippen LogP contribution in [-0.4, -0.2) is 124 Å². The molecule has 4 aromatic rings. The summed E-state index contributed by atoms with van der Waals surface area (Å²) in [6.07, 6.45) is -1.89. The van der Waals surface area contributed by atoms with Crippen LogP contribution in [0.15, 0.2) is 48.5 Å². The highest BCUT2D eigenvalue weighted by molar-refractivity contribution is 5.76. The Morgan fingerprint density at radius 1 is 0.565 bits per heavy atom. The topological polar surface area (TPSA) is 149 Å². The molecule has 2 aliphatic rings. The highest BCUT2D eigenvalue weighted by Crippen LogP contribution is 2.61. The summed E-state index contributed by atoms with van der Waals surface area (Å²) in [4.78, 5) is 31.9. The zero-order chi connectivity index (χ0) is 33.1. The van der Waals surface area contributed by atoms with Gasteiger partial charge in [-0.15, -0.1) is 10.2 Å². The van der Waals surface area contributed by atoms with E-state index in [-0.39, 0.29) is 0 Å². The lowest BCUT2D eigenvalue weighted by molar-refractivity contribution is -0.279. The Morgan fingerprint density at radius 3 is 1.20 bits per heavy atom. The SMILES string of the molecule is CC(C)(C)C(N1CCN(C(=O)O)CC1)(n1nnc2ccccc21)C(N1CCN(C(=O)O)CC1)(n1nnc2ccccc21)C(C)(C)C. The van der Waals surface area contributed by atoms with Gasteiger partial charge in [-0.2, -0.15) is 0 Å². The molecule has 2 amide bonds. The molecule has 2 atom stereocenters. The summed E-state index contributed by atoms with van der Waals surface area (Å²) in [5.41, 5.74) is -0.245. The van der Waals surface area contributed by atoms with Crippen molar-refractivity contribution in [3.8, 4) is 0 Å². The van der Waals surface area contributed by atoms with Crippen molar-refractivity contribution in [2.75, 3.05) is 52.4 Å². The molecule has 2 saturated heterocycles. The van der Waals surface area contributed by atoms with Gasteiger partial charge in [0.05, 0.1) is 11.0 Å². The Hall–Kier alpha value is -4.30. The van der Waals surface area contributed by atoms with E-state index in [1.54, 1.807) is 0 Å². The molecule has 14 heteroatoms. The van der Waals surface area contributed by atoms with E-state index >= 15 is 0 Å². The highest BCUT2D eigenvalue weighted by Gasteiger charge is 2.72. The standard InChI is InChI=1S/C32H44N10O4/c1-29(2,3)31(39-19-15-37(16-20-39)27(43)44,41-25-13-9-7-11-23(25)33-35-41)32(30(4,5)6,40-21-17-38(18-22-40)28(45)46)42-26-14-10-8-12-24(26)34-36-42/h7-14H,15-22H2,1-6H3,(H,43,44)(H,45,46). The van der Waals surface area contributed by atoms with E-state index in [1.165, 1.54) is 9.80 Å². The van der Waals surface area contributed by atoms with Crippen molar-refractivity contribution in [3.63, 3.8) is 0 Å². The second-order valence-corrected chi connectivity index (χ2v) is 14.3. The first kappa shape index (κ1) is 31.7. The van der Waals surface area contributed by atoms with Crippen molar-refractivity contribution in [2.24, 2.45) is 10.8 Å². The van der Waals surface area contributed by atoms with Gasteiger partial charge in [-0.05, 0) is 24.3 Å². The summed E-state index contributed by atoms with van der Waals surface area (Å²) in [6.45, 7) is 16.1. The molecule has 0 saturated carbocycles. The van der Waals surface area contributed by atoms with Crippen molar-refractivity contribution in [1.82, 2.24) is 49.6 Å². The maximum Gasteiger partial charge on any atom is 0.407 e. The third-order valence-electron chi connectivity index (χ3n) is 9.91. The molecule has 0 radical (unpaired) electrons. The lowest BCUT2D eigenvalue weighted by Crippen LogP contribution is -2.82. The number of hydrogen-bond donors (Lipinski definition) is 2. The monoisotopic (exact) mass is 632 g/mol. The van der Waals surface area contributed by atoms with Crippen LogP contribution in [0.4, 0.5) is 9.59 Å². The van der Waals surface area contributed by atoms with Crippen LogP contribution in [0.2, 0.25) is 0 Å². The van der Waals surface area contributed by atoms with E-state index in [4.69, 9.17) is 10.4 Å². The summed E-state index contributed by atoms with van der Waals surface area (Å²) in [5.74, 6) is 0. The summed E-state index contributed by atoms with van der Waals surface area (Å²) in [7, 11) is 0. The lowest BCUT2D eigenvalue weighted by atomic mass is 9.60. The lowest BCUT2D eigenvalue weighted by Gasteiger charge is -2.69. The Balaban J connectivity index is 1.77. The summed E-state index contributed by atoms with van der Waals surface area (Å²) < 4.78 is 4.09. The Kier molecular flexibility index (Phi) is 7.71. The van der Waals surface area contributed by atoms with Gasteiger partial charge < -0.3 is 20.0 Å². The average molecular weight is 633 g/mol. The van der Waals surface area contributed by atoms with Crippen LogP contribution in [0.1, 0.15) is 41.5 Å². The van der Waals surface area contributed by atoms with Crippen molar-refractivity contribution >= 4 is 34.3 Å². The summed E-state index contributed by atoms with van der Waals surface area (Å²) in [5, 5.41) is 39.2. The van der Waals surface area contributed by atoms with Crippen molar-refractivity contribution < 1.29 is 19.8 Å². The van der Waals surface area contributed by atoms with Crippen LogP contribution >= 0.6 is 0 Å². The molecular weight excluding hydrogens is 588 g/mol. The number of fused-ring (bicyclic) bond motifs is 2. The molecule has 0 bridgehead atoms. The average Bonchev–Trinajstić information content (AvgIpc) is 3.64. The van der Waals surface area contributed by atoms with E-state index in [0.29, 0.717) is 52.4 Å². The van der Waals surface area contributed by atoms with Crippen molar-refractivity contribution in [1.29, 1.82) is 0 Å². The molecule has 2 aliphatic heterocycles. The molecule has 2 unspecified atom stereocenters. The van der Waals surface area contributed by atoms with Crippen LogP contribution in [-0.2, 0) is 11.3 Å². The predicted molar refractivity (Wildman–Crippen MR) is 172 cm³/mol. The normalized spacial score (nSPS) is 20.1. The first-order chi connectivity index (χ1) is 21.7. The minimum Gasteiger partial charge on any atom is -0.465 e. The molecule has 2 aromatic heterocycles. The van der Waals surface area contributed by atoms with E-state index in [1.807, 2.05) is 57.9 Å². The van der Waals surface area contributed by atoms with Gasteiger partial charge in [0.2, 0.25) is 0 Å². The van der Waals surface area contributed by atoms with Crippen molar-refractivity contribution in [3.05, 3.63) is 48.5 Å². The minimum atomic E-state index is -1.08. The number of para-hydroxylation sites is 2. The van der Waals surface area contributed by atoms with E-state index in [9.17, 15) is 19.8 Å². The van der Waals surface area contributed by atoms with Crippen LogP contribution in [0.3, 0.4) is 0 Å². The van der Waals surface area contributed by atoms with Crippen LogP contribution in [0.25, 0.3) is 22.1 Å². The Labute approximate surface area is 268 Å². The number of aromatic nitrogens is 6. The molecule has 6 rings (SSSR count). The van der Waals surface area contributed by atoms with Crippen molar-refractivity contribution in [2.45, 2.75) is 52.9 Å². The number of rotatable bonds is 5. The maximum absolute atomic E-state index is 12.1. The van der Waals surface area contributed by atoms with E-state index in [2.05, 4.69) is 61.5 Å². The number of nitrogens with zero attached hydrogens (tertiary/aromatic N) is 10. The first-order valence-corrected chi connectivity index (χ1v) is 15.8. The Morgan fingerprint density at radius 2 is 0.891 bits per heavy atom. The van der Waals surface area contributed by atoms with Gasteiger partial charge in [-0.1, -0.05) is 76.2 Å². The molecular formula is C32H44N10O4. The van der Waals surface area contributed by atoms with Crippen LogP contribution < -0.4 is 0 Å². The van der Waals surface area contributed by atoms with E-state index in [0.717, 1.165) is 22.1 Å². The Bertz CT molecular complexity index is 1610. The second kappa shape index (κ2) is 11.2. The second-order valence-electron chi connectivity index (χ2n) is 14.3. The molecule has 0 aliphatic carbocycles. The molecule has 2 N–H and O–H groups in total. The summed E-state index contributed by atoms with van der Waals surface area (Å²) in [6, 6.07) is 15.8. The van der Waals surface area contributed by atoms with Gasteiger partial charge >= 0.3 is 12.2 Å². The molecule has 2 aromatic carbocycles. The third kappa shape index (κ3) is 4.52. The molecule has 4 heterocycles. The van der Waals surface area contributed by atoms with Gasteiger partial charge in [-0.25, -0.2) is 19.0 Å². The fourth-order valence-electron chi connectivity index (χ4n) is 8.29. The number of piperazine rings is 2. The summed E-state index contributed by atoms with van der Waals surface area (Å²) >= 11 is 0. The fraction of sp³-hybridized carbons (Fsp3) is 0.562. The third-order valence-corrected chi connectivity index (χ3v) is 9.91. The van der Waals surface area contributed by atoms with Gasteiger partial charge in [0.1, 0.15) is 11.0 Å². The van der Waals surface area contributed by atoms with Gasteiger partial charge in [0, 0.05) is 63.2 Å². The number of benzene rings is 2. The quantitative estimate of drug-likeness (QED) is 0.332. The molecule has 246 valence electrons. The fourth-order valence-corrected chi connectivity index (χ4v) is 8.29. The smallest absolute Gasteiger partial charge is 0.407 e. The minimum absolute atomic E-state index is 0.310. The number of carboxylic acid groups (broad SMARTS) is 2. The zero-order valence-electron chi connectivity index (χ0n) is 27.5. The largest absolute Gasteiger partial charge is 0.465 e. The zero-order valence-corrected chi connectivity index (χ0v) is 27.5. The number of hydrogen-bond acceptors (Lipinski definition) is 8. The van der Waals surface area contributed by atoms with Crippen LogP contribution in [0.5, 0.6) is 0 Å².